The van der Waals surface area contributed by atoms with E-state index in [4.69, 9.17) is 4.84 Å². The van der Waals surface area contributed by atoms with Crippen molar-refractivity contribution in [1.82, 2.24) is 14.3 Å². The molecule has 2 aromatic heterocycles. The van der Waals surface area contributed by atoms with Gasteiger partial charge >= 0.3 is 0 Å². The smallest absolute Gasteiger partial charge is 0.234 e. The second-order valence-electron chi connectivity index (χ2n) is 2.94. The molecule has 0 bridgehead atoms. The van der Waals surface area contributed by atoms with Gasteiger partial charge in [0.15, 0.2) is 5.65 Å². The number of rotatable bonds is 1. The molecule has 0 aliphatic heterocycles. The van der Waals surface area contributed by atoms with Gasteiger partial charge in [-0.2, -0.15) is 14.3 Å². The fourth-order valence-corrected chi connectivity index (χ4v) is 1.37. The van der Waals surface area contributed by atoms with E-state index in [2.05, 4.69) is 5.10 Å². The van der Waals surface area contributed by atoms with Gasteiger partial charge in [-0.05, 0) is 13.8 Å². The van der Waals surface area contributed by atoms with E-state index in [0.29, 0.717) is 0 Å². The number of hydrogen-bond acceptors (Lipinski definition) is 3. The minimum absolute atomic E-state index is 0.0769. The Bertz CT molecular complexity index is 455. The molecule has 2 aromatic rings. The van der Waals surface area contributed by atoms with Gasteiger partial charge in [0.2, 0.25) is 5.88 Å². The molecule has 13 heavy (non-hydrogen) atoms. The van der Waals surface area contributed by atoms with Crippen molar-refractivity contribution in [1.29, 1.82) is 0 Å². The number of aromatic nitrogens is 3. The van der Waals surface area contributed by atoms with E-state index >= 15 is 0 Å². The molecule has 0 aliphatic carbocycles. The van der Waals surface area contributed by atoms with E-state index in [-0.39, 0.29) is 5.88 Å². The maximum Gasteiger partial charge on any atom is 0.234 e. The molecular formula is C8H11N3O2. The van der Waals surface area contributed by atoms with Crippen LogP contribution in [0.2, 0.25) is 0 Å². The standard InChI is InChI=1S/C8H11N3O2/c1-5-6(2)9-11-7(12)4-10(13-3)8(5)11/h4,12H,1-3H3. The number of fused-ring (bicyclic) bond motifs is 1. The molecule has 2 rings (SSSR count). The Hall–Kier alpha value is -1.65. The summed E-state index contributed by atoms with van der Waals surface area (Å²) in [5.41, 5.74) is 2.65. The summed E-state index contributed by atoms with van der Waals surface area (Å²) in [5, 5.41) is 13.6. The van der Waals surface area contributed by atoms with Gasteiger partial charge in [0.25, 0.3) is 0 Å². The van der Waals surface area contributed by atoms with Crippen LogP contribution in [0.1, 0.15) is 11.3 Å². The van der Waals surface area contributed by atoms with E-state index in [1.807, 2.05) is 13.8 Å². The van der Waals surface area contributed by atoms with Crippen molar-refractivity contribution in [3.63, 3.8) is 0 Å². The molecule has 0 aromatic carbocycles. The van der Waals surface area contributed by atoms with Gasteiger partial charge in [-0.15, -0.1) is 0 Å². The highest BCUT2D eigenvalue weighted by atomic mass is 16.6. The summed E-state index contributed by atoms with van der Waals surface area (Å²) in [7, 11) is 1.54. The molecule has 0 atom stereocenters. The zero-order chi connectivity index (χ0) is 9.59. The Balaban J connectivity index is 2.88. The van der Waals surface area contributed by atoms with Gasteiger partial charge in [-0.3, -0.25) is 0 Å². The summed E-state index contributed by atoms with van der Waals surface area (Å²) in [6, 6.07) is 0. The molecule has 1 N–H and O–H groups in total. The van der Waals surface area contributed by atoms with Crippen LogP contribution in [0.25, 0.3) is 5.65 Å². The Morgan fingerprint density at radius 2 is 2.15 bits per heavy atom. The molecule has 0 unspecified atom stereocenters. The molecule has 0 amide bonds. The first-order valence-corrected chi connectivity index (χ1v) is 3.96. The van der Waals surface area contributed by atoms with E-state index in [0.717, 1.165) is 16.9 Å². The predicted molar refractivity (Wildman–Crippen MR) is 46.8 cm³/mol. The average Bonchev–Trinajstić information content (AvgIpc) is 2.55. The van der Waals surface area contributed by atoms with Crippen LogP contribution in [0.3, 0.4) is 0 Å². The van der Waals surface area contributed by atoms with Gasteiger partial charge < -0.3 is 9.94 Å². The van der Waals surface area contributed by atoms with Crippen LogP contribution < -0.4 is 4.84 Å². The highest BCUT2D eigenvalue weighted by Gasteiger charge is 2.14. The first-order chi connectivity index (χ1) is 6.15. The summed E-state index contributed by atoms with van der Waals surface area (Å²) in [6.07, 6.45) is 1.48. The quantitative estimate of drug-likeness (QED) is 0.697. The molecule has 0 saturated carbocycles. The number of nitrogens with zero attached hydrogens (tertiary/aromatic N) is 3. The van der Waals surface area contributed by atoms with E-state index < -0.39 is 0 Å². The van der Waals surface area contributed by atoms with Crippen LogP contribution >= 0.6 is 0 Å². The predicted octanol–water partition coefficient (Wildman–Crippen LogP) is 0.517. The number of hydrogen-bond donors (Lipinski definition) is 1. The van der Waals surface area contributed by atoms with Gasteiger partial charge in [0.05, 0.1) is 5.69 Å². The SMILES string of the molecule is COn1cc(O)n2nc(C)c(C)c12. The number of aryl methyl sites for hydroxylation is 2. The molecule has 0 spiro atoms. The first kappa shape index (κ1) is 7.97. The molecule has 5 nitrogen and oxygen atoms in total. The van der Waals surface area contributed by atoms with Crippen LogP contribution in [-0.4, -0.2) is 26.6 Å². The zero-order valence-corrected chi connectivity index (χ0v) is 7.77. The molecule has 0 saturated heterocycles. The van der Waals surface area contributed by atoms with Crippen molar-refractivity contribution >= 4 is 5.65 Å². The van der Waals surface area contributed by atoms with Crippen LogP contribution in [-0.2, 0) is 0 Å². The Kier molecular flexibility index (Phi) is 1.48. The highest BCUT2D eigenvalue weighted by Crippen LogP contribution is 2.20. The monoisotopic (exact) mass is 181 g/mol. The molecule has 0 aliphatic rings. The number of imidazole rings is 1. The molecular weight excluding hydrogens is 170 g/mol. The summed E-state index contributed by atoms with van der Waals surface area (Å²) in [6.45, 7) is 3.83. The largest absolute Gasteiger partial charge is 0.492 e. The maximum absolute atomic E-state index is 9.46. The summed E-state index contributed by atoms with van der Waals surface area (Å²) < 4.78 is 2.94. The topological polar surface area (TPSA) is 51.7 Å². The lowest BCUT2D eigenvalue weighted by atomic mass is 10.3. The Morgan fingerprint density at radius 3 is 2.77 bits per heavy atom. The maximum atomic E-state index is 9.46. The van der Waals surface area contributed by atoms with Gasteiger partial charge in [0, 0.05) is 5.56 Å². The fourth-order valence-electron chi connectivity index (χ4n) is 1.37. The van der Waals surface area contributed by atoms with E-state index in [1.54, 1.807) is 7.11 Å². The lowest BCUT2D eigenvalue weighted by Crippen LogP contribution is -2.04. The van der Waals surface area contributed by atoms with Gasteiger partial charge in [-0.25, -0.2) is 0 Å². The van der Waals surface area contributed by atoms with Gasteiger partial charge in [0.1, 0.15) is 13.3 Å². The first-order valence-electron chi connectivity index (χ1n) is 3.96. The Morgan fingerprint density at radius 1 is 1.46 bits per heavy atom. The lowest BCUT2D eigenvalue weighted by Gasteiger charge is -1.98. The van der Waals surface area contributed by atoms with Crippen molar-refractivity contribution in [2.75, 3.05) is 7.11 Å². The number of aromatic hydroxyl groups is 1. The third kappa shape index (κ3) is 0.898. The average molecular weight is 181 g/mol. The fraction of sp³-hybridized carbons (Fsp3) is 0.375. The van der Waals surface area contributed by atoms with Crippen LogP contribution in [0, 0.1) is 13.8 Å². The van der Waals surface area contributed by atoms with Gasteiger partial charge in [-0.1, -0.05) is 0 Å². The summed E-state index contributed by atoms with van der Waals surface area (Å²) in [4.78, 5) is 5.04. The zero-order valence-electron chi connectivity index (χ0n) is 7.77. The van der Waals surface area contributed by atoms with E-state index in [1.165, 1.54) is 15.4 Å². The molecule has 0 fully saturated rings. The molecule has 70 valence electrons. The molecule has 5 heteroatoms. The van der Waals surface area contributed by atoms with Crippen molar-refractivity contribution in [3.05, 3.63) is 17.5 Å². The molecule has 0 radical (unpaired) electrons. The van der Waals surface area contributed by atoms with Crippen molar-refractivity contribution < 1.29 is 9.94 Å². The highest BCUT2D eigenvalue weighted by molar-refractivity contribution is 5.52. The van der Waals surface area contributed by atoms with E-state index in [9.17, 15) is 5.11 Å². The van der Waals surface area contributed by atoms with Crippen molar-refractivity contribution in [2.45, 2.75) is 13.8 Å². The normalized spacial score (nSPS) is 11.0. The second kappa shape index (κ2) is 2.42. The minimum Gasteiger partial charge on any atom is -0.492 e. The van der Waals surface area contributed by atoms with Crippen molar-refractivity contribution in [2.24, 2.45) is 0 Å². The third-order valence-electron chi connectivity index (χ3n) is 2.18. The van der Waals surface area contributed by atoms with Crippen LogP contribution in [0.5, 0.6) is 5.88 Å². The van der Waals surface area contributed by atoms with Crippen LogP contribution in [0.4, 0.5) is 0 Å². The lowest BCUT2D eigenvalue weighted by molar-refractivity contribution is 0.177. The third-order valence-corrected chi connectivity index (χ3v) is 2.18. The second-order valence-corrected chi connectivity index (χ2v) is 2.94. The summed E-state index contributed by atoms with van der Waals surface area (Å²) >= 11 is 0. The minimum atomic E-state index is 0.0769. The van der Waals surface area contributed by atoms with Crippen LogP contribution in [0.15, 0.2) is 6.20 Å². The molecule has 2 heterocycles. The Labute approximate surface area is 75.1 Å². The van der Waals surface area contributed by atoms with Crippen molar-refractivity contribution in [3.8, 4) is 5.88 Å². The summed E-state index contributed by atoms with van der Waals surface area (Å²) in [5.74, 6) is 0.0769.